The summed E-state index contributed by atoms with van der Waals surface area (Å²) in [5.74, 6) is 2.06. The summed E-state index contributed by atoms with van der Waals surface area (Å²) < 4.78 is 6.75. The van der Waals surface area contributed by atoms with E-state index in [0.29, 0.717) is 11.9 Å². The van der Waals surface area contributed by atoms with Crippen molar-refractivity contribution in [3.63, 3.8) is 0 Å². The summed E-state index contributed by atoms with van der Waals surface area (Å²) in [6.45, 7) is 0. The molecule has 0 aliphatic heterocycles. The Balaban J connectivity index is 0.000000116. The quantitative estimate of drug-likeness (QED) is 0.0796. The zero-order chi connectivity index (χ0) is 83.7. The Hall–Kier alpha value is -16.7. The van der Waals surface area contributed by atoms with Crippen LogP contribution >= 0.6 is 0 Å². The summed E-state index contributed by atoms with van der Waals surface area (Å²) in [6, 6.07) is 169. The molecular weight excluding hydrogens is 1550 g/mol. The molecule has 24 rings (SSSR count). The lowest BCUT2D eigenvalue weighted by Gasteiger charge is -2.34. The van der Waals surface area contributed by atoms with Crippen molar-refractivity contribution in [2.24, 2.45) is 0 Å². The van der Waals surface area contributed by atoms with E-state index in [0.717, 1.165) is 106 Å². The van der Waals surface area contributed by atoms with E-state index in [1.54, 1.807) is 0 Å². The van der Waals surface area contributed by atoms with Crippen molar-refractivity contribution >= 4 is 116 Å². The number of fused-ring (bicyclic) bond motifs is 11. The third-order valence-corrected chi connectivity index (χ3v) is 29.0. The molecule has 0 saturated heterocycles. The highest BCUT2D eigenvalue weighted by atomic mass is 28.3. The Morgan fingerprint density at radius 2 is 0.460 bits per heavy atom. The molecule has 0 aliphatic carbocycles. The van der Waals surface area contributed by atoms with Crippen LogP contribution in [0, 0.1) is 0 Å². The summed E-state index contributed by atoms with van der Waals surface area (Å²) in [5.41, 5.74) is 23.4. The van der Waals surface area contributed by atoms with Gasteiger partial charge in [0.2, 0.25) is 11.9 Å². The fourth-order valence-corrected chi connectivity index (χ4v) is 23.1. The van der Waals surface area contributed by atoms with E-state index in [2.05, 4.69) is 438 Å². The topological polar surface area (TPSA) is 92.1 Å². The van der Waals surface area contributed by atoms with Crippen LogP contribution in [0.1, 0.15) is 0 Å². The lowest BCUT2D eigenvalue weighted by Crippen LogP contribution is -2.74. The molecule has 0 unspecified atom stereocenters. The van der Waals surface area contributed by atoms with E-state index in [1.165, 1.54) is 86.4 Å². The highest BCUT2D eigenvalue weighted by Crippen LogP contribution is 2.40. The van der Waals surface area contributed by atoms with Crippen LogP contribution in [0.2, 0.25) is 0 Å². The maximum Gasteiger partial charge on any atom is 0.235 e. The normalized spacial score (nSPS) is 11.5. The molecule has 592 valence electrons. The molecule has 6 heterocycles. The molecule has 0 spiro atoms. The Bertz CT molecular complexity index is 7830. The van der Waals surface area contributed by atoms with Gasteiger partial charge in [-0.3, -0.25) is 9.13 Å². The average Bonchev–Trinajstić information content (AvgIpc) is 1.27. The van der Waals surface area contributed by atoms with Gasteiger partial charge in [0.05, 0.1) is 66.9 Å². The minimum absolute atomic E-state index is 0.660. The van der Waals surface area contributed by atoms with Crippen molar-refractivity contribution in [2.75, 3.05) is 0 Å². The average molecular weight is 1630 g/mol. The van der Waals surface area contributed by atoms with Crippen LogP contribution in [0.4, 0.5) is 0 Å². The molecule has 0 N–H and O–H groups in total. The first kappa shape index (κ1) is 75.5. The highest BCUT2D eigenvalue weighted by Gasteiger charge is 2.42. The Morgan fingerprint density at radius 3 is 0.873 bits per heavy atom. The molecule has 18 aromatic carbocycles. The molecular formula is C116H79N9Si. The largest absolute Gasteiger partial charge is 0.309 e. The molecule has 0 atom stereocenters. The Labute approximate surface area is 730 Å². The van der Waals surface area contributed by atoms with E-state index in [4.69, 9.17) is 29.9 Å². The fraction of sp³-hybridized carbons (Fsp3) is 0. The van der Waals surface area contributed by atoms with Crippen LogP contribution in [-0.4, -0.2) is 51.7 Å². The van der Waals surface area contributed by atoms with E-state index in [-0.39, 0.29) is 0 Å². The van der Waals surface area contributed by atoms with Crippen molar-refractivity contribution < 1.29 is 0 Å². The first-order valence-electron chi connectivity index (χ1n) is 42.6. The van der Waals surface area contributed by atoms with E-state index >= 15 is 0 Å². The SMILES string of the molecule is c1ccc(-c2cc(-c3ccccc3)nc(-n3c4ccccc4c4ccccc43)n2)cc1.c1ccc(-c2ccc(-c3nc(-c4ccc(-n5c6ccccc6c6ccccc65)cc4)nc4ccccc34)cc2)cc1.c1ccc(-c2ccc(-c3nc(-n4c5ccccc5c5cc([Si](c6ccccc6)(c6ccccc6)c6ccccc6)ccc54)nc4ccccc34)cc2)cc1. The van der Waals surface area contributed by atoms with Crippen molar-refractivity contribution in [3.8, 4) is 96.3 Å². The molecule has 9 nitrogen and oxygen atoms in total. The van der Waals surface area contributed by atoms with E-state index in [9.17, 15) is 0 Å². The number of hydrogen-bond donors (Lipinski definition) is 0. The maximum atomic E-state index is 5.39. The number of rotatable bonds is 14. The molecule has 126 heavy (non-hydrogen) atoms. The molecule has 0 saturated carbocycles. The zero-order valence-electron chi connectivity index (χ0n) is 68.6. The molecule has 0 radical (unpaired) electrons. The molecule has 0 bridgehead atoms. The summed E-state index contributed by atoms with van der Waals surface area (Å²) in [4.78, 5) is 30.8. The molecule has 0 fully saturated rings. The van der Waals surface area contributed by atoms with Crippen LogP contribution in [0.5, 0.6) is 0 Å². The number of benzene rings is 18. The highest BCUT2D eigenvalue weighted by molar-refractivity contribution is 7.20. The summed E-state index contributed by atoms with van der Waals surface area (Å²) >= 11 is 0. The number of nitrogens with zero attached hydrogens (tertiary/aromatic N) is 9. The zero-order valence-corrected chi connectivity index (χ0v) is 69.6. The third kappa shape index (κ3) is 13.9. The van der Waals surface area contributed by atoms with Crippen LogP contribution < -0.4 is 20.7 Å². The second-order valence-corrected chi connectivity index (χ2v) is 35.4. The van der Waals surface area contributed by atoms with Crippen LogP contribution in [0.3, 0.4) is 0 Å². The number of para-hydroxylation sites is 7. The van der Waals surface area contributed by atoms with Crippen molar-refractivity contribution in [1.82, 2.24) is 43.6 Å². The van der Waals surface area contributed by atoms with Crippen LogP contribution in [-0.2, 0) is 0 Å². The monoisotopic (exact) mass is 1630 g/mol. The maximum absolute atomic E-state index is 5.39. The Morgan fingerprint density at radius 1 is 0.167 bits per heavy atom. The second-order valence-electron chi connectivity index (χ2n) is 31.6. The predicted molar refractivity (Wildman–Crippen MR) is 526 cm³/mol. The van der Waals surface area contributed by atoms with Crippen LogP contribution in [0.15, 0.2) is 479 Å². The van der Waals surface area contributed by atoms with Gasteiger partial charge in [-0.25, -0.2) is 29.9 Å². The second kappa shape index (κ2) is 33.0. The lowest BCUT2D eigenvalue weighted by molar-refractivity contribution is 0.995. The first-order chi connectivity index (χ1) is 62.5. The summed E-state index contributed by atoms with van der Waals surface area (Å²) in [5, 5.41) is 14.8. The van der Waals surface area contributed by atoms with Gasteiger partial charge in [0.15, 0.2) is 13.9 Å². The van der Waals surface area contributed by atoms with Crippen molar-refractivity contribution in [3.05, 3.63) is 479 Å². The molecule has 0 aliphatic rings. The molecule has 0 amide bonds. The van der Waals surface area contributed by atoms with Gasteiger partial charge in [0, 0.05) is 76.6 Å². The van der Waals surface area contributed by atoms with Gasteiger partial charge in [-0.2, -0.15) is 0 Å². The van der Waals surface area contributed by atoms with Gasteiger partial charge in [0.25, 0.3) is 0 Å². The van der Waals surface area contributed by atoms with Gasteiger partial charge < -0.3 is 4.57 Å². The smallest absolute Gasteiger partial charge is 0.235 e. The first-order valence-corrected chi connectivity index (χ1v) is 44.6. The summed E-state index contributed by atoms with van der Waals surface area (Å²) in [7, 11) is -2.73. The van der Waals surface area contributed by atoms with Crippen LogP contribution in [0.25, 0.3) is 183 Å². The van der Waals surface area contributed by atoms with E-state index < -0.39 is 8.07 Å². The van der Waals surface area contributed by atoms with Crippen molar-refractivity contribution in [2.45, 2.75) is 0 Å². The third-order valence-electron chi connectivity index (χ3n) is 24.2. The summed E-state index contributed by atoms with van der Waals surface area (Å²) in [6.07, 6.45) is 0. The number of hydrogen-bond acceptors (Lipinski definition) is 6. The van der Waals surface area contributed by atoms with Gasteiger partial charge in [-0.1, -0.05) is 400 Å². The molecule has 10 heteroatoms. The standard InChI is InChI=1S/C50H35N3Si.C38H25N3.C28H19N3/c1-5-17-36(18-6-1)37-29-31-38(32-30-37)49-44-26-13-15-27-46(44)51-50(52-49)53-47-28-16-14-25-43(47)45-35-42(33-34-48(45)53)54(39-19-7-2-8-20-39,40-21-9-3-10-22-40)41-23-11-4-12-24-41;1-2-10-26(11-3-1)27-18-20-28(21-19-27)37-33-14-4-7-15-34(33)39-38(40-37)29-22-24-30(25-23-29)41-35-16-8-5-12-31(35)32-13-6-9-17-36(32)41;1-3-11-20(12-4-1)24-19-25(21-13-5-2-6-14-21)30-28(29-24)31-26-17-9-7-15-22(26)23-16-8-10-18-27(23)31/h1-35H;1-25H;1-19H. The van der Waals surface area contributed by atoms with Gasteiger partial charge >= 0.3 is 0 Å². The molecule has 24 aromatic rings. The van der Waals surface area contributed by atoms with Gasteiger partial charge in [0.1, 0.15) is 0 Å². The van der Waals surface area contributed by atoms with Crippen molar-refractivity contribution in [1.29, 1.82) is 0 Å². The fourth-order valence-electron chi connectivity index (χ4n) is 18.3. The number of aromatic nitrogens is 9. The van der Waals surface area contributed by atoms with Gasteiger partial charge in [-0.15, -0.1) is 0 Å². The minimum Gasteiger partial charge on any atom is -0.309 e. The van der Waals surface area contributed by atoms with Gasteiger partial charge in [-0.05, 0) is 122 Å². The van der Waals surface area contributed by atoms with E-state index in [1.807, 2.05) is 54.6 Å². The Kier molecular flexibility index (Phi) is 19.8. The molecule has 6 aromatic heterocycles. The minimum atomic E-state index is -2.73. The predicted octanol–water partition coefficient (Wildman–Crippen LogP) is 26.1. The lowest BCUT2D eigenvalue weighted by atomic mass is 10.0.